The van der Waals surface area contributed by atoms with Gasteiger partial charge in [-0.25, -0.2) is 0 Å². The normalized spacial score (nSPS) is 11.6. The van der Waals surface area contributed by atoms with E-state index in [1.807, 2.05) is 12.1 Å². The SMILES string of the molecule is c1cc(-c2ccc(-c3ccc(N(c4ccc(-c5cccc6ccccc56)cc4)c4ccc(-c5cccc6c5oc5ccccc56)cc4)cc3)cc2)cc(-n2c3ccccc3c3ccccc32)c1. The molecule has 0 bridgehead atoms. The van der Waals surface area contributed by atoms with Crippen LogP contribution in [0.5, 0.6) is 0 Å². The minimum absolute atomic E-state index is 0.903. The second-order valence-corrected chi connectivity index (χ2v) is 17.3. The molecule has 0 aliphatic heterocycles. The molecule has 3 heteroatoms. The number of hydrogen-bond donors (Lipinski definition) is 0. The third kappa shape index (κ3) is 6.67. The van der Waals surface area contributed by atoms with E-state index in [-0.39, 0.29) is 0 Å². The molecule has 0 N–H and O–H groups in total. The number of fused-ring (bicyclic) bond motifs is 7. The molecule has 13 rings (SSSR count). The molecular formula is C64H42N2O. The molecule has 11 aromatic carbocycles. The fourth-order valence-electron chi connectivity index (χ4n) is 10.2. The zero-order valence-corrected chi connectivity index (χ0v) is 36.6. The van der Waals surface area contributed by atoms with Gasteiger partial charge < -0.3 is 13.9 Å². The summed E-state index contributed by atoms with van der Waals surface area (Å²) in [6.07, 6.45) is 0. The van der Waals surface area contributed by atoms with Gasteiger partial charge in [-0.3, -0.25) is 0 Å². The van der Waals surface area contributed by atoms with Gasteiger partial charge in [0.25, 0.3) is 0 Å². The van der Waals surface area contributed by atoms with Gasteiger partial charge in [0.1, 0.15) is 11.2 Å². The van der Waals surface area contributed by atoms with Crippen molar-refractivity contribution in [2.75, 3.05) is 4.90 Å². The first-order valence-electron chi connectivity index (χ1n) is 22.9. The summed E-state index contributed by atoms with van der Waals surface area (Å²) >= 11 is 0. The molecule has 0 fully saturated rings. The molecule has 0 spiro atoms. The third-order valence-corrected chi connectivity index (χ3v) is 13.4. The lowest BCUT2D eigenvalue weighted by molar-refractivity contribution is 0.670. The number of nitrogens with zero attached hydrogens (tertiary/aromatic N) is 2. The highest BCUT2D eigenvalue weighted by Gasteiger charge is 2.17. The summed E-state index contributed by atoms with van der Waals surface area (Å²) in [5, 5.41) is 7.29. The number of furan rings is 1. The maximum Gasteiger partial charge on any atom is 0.143 e. The molecule has 0 aliphatic rings. The number of aromatic nitrogens is 1. The van der Waals surface area contributed by atoms with Crippen LogP contribution >= 0.6 is 0 Å². The van der Waals surface area contributed by atoms with Gasteiger partial charge in [-0.05, 0) is 116 Å². The Bertz CT molecular complexity index is 3890. The standard InChI is InChI=1S/C64H42N2O/c1-2-16-54-46(12-1)13-10-20-55(54)47-32-38-51(39-33-47)65(52-40-34-48(35-41-52)56-21-11-22-60-59-19-5-8-25-63(59)67-64(56)60)50-36-30-44(31-37-50)43-26-28-45(29-27-43)49-14-9-15-53(42-49)66-61-23-6-3-17-57(61)58-18-4-7-24-62(58)66/h1-42H. The molecule has 3 nitrogen and oxygen atoms in total. The number of para-hydroxylation sites is 4. The van der Waals surface area contributed by atoms with Gasteiger partial charge in [0.2, 0.25) is 0 Å². The lowest BCUT2D eigenvalue weighted by Crippen LogP contribution is -2.09. The van der Waals surface area contributed by atoms with Crippen LogP contribution in [0.25, 0.3) is 105 Å². The van der Waals surface area contributed by atoms with Crippen molar-refractivity contribution in [3.8, 4) is 50.2 Å². The molecule has 0 amide bonds. The Kier molecular flexibility index (Phi) is 9.17. The lowest BCUT2D eigenvalue weighted by Gasteiger charge is -2.26. The smallest absolute Gasteiger partial charge is 0.143 e. The Hall–Kier alpha value is -8.92. The van der Waals surface area contributed by atoms with E-state index in [1.165, 1.54) is 60.4 Å². The molecule has 2 aromatic heterocycles. The summed E-state index contributed by atoms with van der Waals surface area (Å²) in [7, 11) is 0. The van der Waals surface area contributed by atoms with Gasteiger partial charge in [0, 0.05) is 49.9 Å². The Morgan fingerprint density at radius 3 is 1.40 bits per heavy atom. The molecule has 314 valence electrons. The molecule has 0 aliphatic carbocycles. The molecule has 2 heterocycles. The average Bonchev–Trinajstić information content (AvgIpc) is 3.96. The van der Waals surface area contributed by atoms with Crippen LogP contribution in [-0.4, -0.2) is 4.57 Å². The highest BCUT2D eigenvalue weighted by atomic mass is 16.3. The van der Waals surface area contributed by atoms with E-state index in [0.717, 1.165) is 61.4 Å². The molecule has 0 saturated heterocycles. The van der Waals surface area contributed by atoms with E-state index in [1.54, 1.807) is 0 Å². The first-order valence-corrected chi connectivity index (χ1v) is 22.9. The Morgan fingerprint density at radius 1 is 0.299 bits per heavy atom. The van der Waals surface area contributed by atoms with Crippen molar-refractivity contribution in [2.45, 2.75) is 0 Å². The van der Waals surface area contributed by atoms with Crippen LogP contribution in [0.3, 0.4) is 0 Å². The largest absolute Gasteiger partial charge is 0.455 e. The number of anilines is 3. The van der Waals surface area contributed by atoms with E-state index in [2.05, 4.69) is 252 Å². The van der Waals surface area contributed by atoms with Gasteiger partial charge in [0.15, 0.2) is 0 Å². The van der Waals surface area contributed by atoms with Crippen LogP contribution in [0.2, 0.25) is 0 Å². The molecule has 0 saturated carbocycles. The molecule has 0 unspecified atom stereocenters. The van der Waals surface area contributed by atoms with Gasteiger partial charge in [-0.2, -0.15) is 0 Å². The van der Waals surface area contributed by atoms with Crippen molar-refractivity contribution in [3.63, 3.8) is 0 Å². The van der Waals surface area contributed by atoms with Crippen molar-refractivity contribution in [1.29, 1.82) is 0 Å². The highest BCUT2D eigenvalue weighted by molar-refractivity contribution is 6.10. The fourth-order valence-corrected chi connectivity index (χ4v) is 10.2. The van der Waals surface area contributed by atoms with Crippen LogP contribution in [0.4, 0.5) is 17.1 Å². The molecule has 0 radical (unpaired) electrons. The number of rotatable bonds is 8. The van der Waals surface area contributed by atoms with E-state index in [4.69, 9.17) is 4.42 Å². The van der Waals surface area contributed by atoms with Gasteiger partial charge >= 0.3 is 0 Å². The zero-order valence-electron chi connectivity index (χ0n) is 36.6. The molecular weight excluding hydrogens is 813 g/mol. The molecule has 67 heavy (non-hydrogen) atoms. The second kappa shape index (κ2) is 16.0. The second-order valence-electron chi connectivity index (χ2n) is 17.3. The van der Waals surface area contributed by atoms with Crippen molar-refractivity contribution in [3.05, 3.63) is 255 Å². The maximum absolute atomic E-state index is 6.44. The Morgan fingerprint density at radius 2 is 0.746 bits per heavy atom. The predicted octanol–water partition coefficient (Wildman–Crippen LogP) is 18.0. The van der Waals surface area contributed by atoms with Crippen molar-refractivity contribution >= 4 is 71.6 Å². The van der Waals surface area contributed by atoms with Crippen LogP contribution in [-0.2, 0) is 0 Å². The minimum Gasteiger partial charge on any atom is -0.455 e. The average molecular weight is 855 g/mol. The van der Waals surface area contributed by atoms with Gasteiger partial charge in [-0.1, -0.05) is 188 Å². The van der Waals surface area contributed by atoms with Crippen LogP contribution < -0.4 is 4.90 Å². The Labute approximate surface area is 388 Å². The summed E-state index contributed by atoms with van der Waals surface area (Å²) in [4.78, 5) is 2.34. The summed E-state index contributed by atoms with van der Waals surface area (Å²) in [5.74, 6) is 0. The van der Waals surface area contributed by atoms with Crippen LogP contribution in [0.1, 0.15) is 0 Å². The summed E-state index contributed by atoms with van der Waals surface area (Å²) in [6.45, 7) is 0. The molecule has 13 aromatic rings. The predicted molar refractivity (Wildman–Crippen MR) is 282 cm³/mol. The van der Waals surface area contributed by atoms with Crippen molar-refractivity contribution in [1.82, 2.24) is 4.57 Å². The number of hydrogen-bond acceptors (Lipinski definition) is 2. The molecule has 0 atom stereocenters. The maximum atomic E-state index is 6.44. The van der Waals surface area contributed by atoms with E-state index >= 15 is 0 Å². The third-order valence-electron chi connectivity index (χ3n) is 13.4. The summed E-state index contributed by atoms with van der Waals surface area (Å²) in [5.41, 5.74) is 17.9. The number of benzene rings is 11. The summed E-state index contributed by atoms with van der Waals surface area (Å²) < 4.78 is 8.82. The first-order chi connectivity index (χ1) is 33.2. The van der Waals surface area contributed by atoms with E-state index in [0.29, 0.717) is 0 Å². The van der Waals surface area contributed by atoms with Crippen molar-refractivity contribution in [2.24, 2.45) is 0 Å². The first kappa shape index (κ1) is 38.5. The van der Waals surface area contributed by atoms with E-state index < -0.39 is 0 Å². The van der Waals surface area contributed by atoms with E-state index in [9.17, 15) is 0 Å². The van der Waals surface area contributed by atoms with Gasteiger partial charge in [-0.15, -0.1) is 0 Å². The minimum atomic E-state index is 0.903. The monoisotopic (exact) mass is 854 g/mol. The Balaban J connectivity index is 0.834. The van der Waals surface area contributed by atoms with Crippen LogP contribution in [0.15, 0.2) is 259 Å². The fraction of sp³-hybridized carbons (Fsp3) is 0. The lowest BCUT2D eigenvalue weighted by atomic mass is 9.98. The topological polar surface area (TPSA) is 21.3 Å². The van der Waals surface area contributed by atoms with Gasteiger partial charge in [0.05, 0.1) is 11.0 Å². The van der Waals surface area contributed by atoms with Crippen LogP contribution in [0, 0.1) is 0 Å². The quantitative estimate of drug-likeness (QED) is 0.152. The zero-order chi connectivity index (χ0) is 44.3. The van der Waals surface area contributed by atoms with Crippen molar-refractivity contribution < 1.29 is 4.42 Å². The highest BCUT2D eigenvalue weighted by Crippen LogP contribution is 2.41. The summed E-state index contributed by atoms with van der Waals surface area (Å²) in [6, 6.07) is 91.8.